The molecule has 2 atom stereocenters. The van der Waals surface area contributed by atoms with Crippen LogP contribution in [0.5, 0.6) is 0 Å². The van der Waals surface area contributed by atoms with Crippen molar-refractivity contribution in [3.8, 4) is 0 Å². The van der Waals surface area contributed by atoms with E-state index in [2.05, 4.69) is 19.8 Å². The van der Waals surface area contributed by atoms with Gasteiger partial charge in [-0.15, -0.1) is 11.3 Å². The Kier molecular flexibility index (Phi) is 4.19. The number of β-amino-alcohol motifs (C(OH)–C–C–N with tert-alkyl or cyclic N) is 1. The molecule has 0 radical (unpaired) electrons. The molecule has 2 aromatic rings. The summed E-state index contributed by atoms with van der Waals surface area (Å²) in [5.74, 6) is 0.687. The van der Waals surface area contributed by atoms with Crippen molar-refractivity contribution < 1.29 is 5.11 Å². The number of thiophene rings is 1. The second-order valence-electron chi connectivity index (χ2n) is 6.57. The highest BCUT2D eigenvalue weighted by atomic mass is 32.1. The first-order chi connectivity index (χ1) is 11.2. The molecule has 4 heterocycles. The number of aromatic nitrogens is 2. The fourth-order valence-electron chi connectivity index (χ4n) is 3.79. The van der Waals surface area contributed by atoms with E-state index in [0.29, 0.717) is 23.6 Å². The van der Waals surface area contributed by atoms with Gasteiger partial charge in [0, 0.05) is 19.1 Å². The van der Waals surface area contributed by atoms with Gasteiger partial charge in [0.05, 0.1) is 18.2 Å². The van der Waals surface area contributed by atoms with E-state index in [9.17, 15) is 9.90 Å². The Morgan fingerprint density at radius 1 is 1.30 bits per heavy atom. The zero-order valence-electron chi connectivity index (χ0n) is 13.1. The number of piperidine rings is 1. The first-order valence-corrected chi connectivity index (χ1v) is 9.19. The summed E-state index contributed by atoms with van der Waals surface area (Å²) >= 11 is 1.42. The van der Waals surface area contributed by atoms with Crippen LogP contribution in [0.4, 0.5) is 0 Å². The summed E-state index contributed by atoms with van der Waals surface area (Å²) in [5.41, 5.74) is 0.702. The lowest BCUT2D eigenvalue weighted by atomic mass is 10.1. The lowest BCUT2D eigenvalue weighted by Gasteiger charge is -2.33. The van der Waals surface area contributed by atoms with Crippen LogP contribution < -0.4 is 5.56 Å². The lowest BCUT2D eigenvalue weighted by molar-refractivity contribution is 0.0706. The van der Waals surface area contributed by atoms with Gasteiger partial charge >= 0.3 is 0 Å². The number of hydrogen-bond acceptors (Lipinski definition) is 6. The predicted octanol–water partition coefficient (Wildman–Crippen LogP) is 1.02. The third-order valence-electron chi connectivity index (χ3n) is 4.93. The summed E-state index contributed by atoms with van der Waals surface area (Å²) in [6.45, 7) is 4.25. The van der Waals surface area contributed by atoms with Crippen LogP contribution >= 0.6 is 11.3 Å². The quantitative estimate of drug-likeness (QED) is 0.877. The third kappa shape index (κ3) is 3.06. The van der Waals surface area contributed by atoms with Gasteiger partial charge in [0.1, 0.15) is 10.5 Å². The van der Waals surface area contributed by atoms with Gasteiger partial charge in [-0.1, -0.05) is 6.42 Å². The normalized spacial score (nSPS) is 27.0. The van der Waals surface area contributed by atoms with E-state index in [1.165, 1.54) is 30.6 Å². The van der Waals surface area contributed by atoms with E-state index in [1.54, 1.807) is 0 Å². The van der Waals surface area contributed by atoms with Crippen LogP contribution in [0.15, 0.2) is 16.2 Å². The molecule has 2 aliphatic rings. The van der Waals surface area contributed by atoms with Crippen molar-refractivity contribution in [1.29, 1.82) is 0 Å². The SMILES string of the molecule is O=c1[nH]c(CN2C[C@@H](O)[C@H](N3CCCCC3)C2)nc2ccsc12. The average Bonchev–Trinajstić information content (AvgIpc) is 3.15. The molecular weight excluding hydrogens is 312 g/mol. The maximum atomic E-state index is 12.0. The van der Waals surface area contributed by atoms with Crippen molar-refractivity contribution in [2.75, 3.05) is 26.2 Å². The van der Waals surface area contributed by atoms with Gasteiger partial charge in [-0.2, -0.15) is 0 Å². The number of aliphatic hydroxyl groups excluding tert-OH is 1. The number of aromatic amines is 1. The number of aliphatic hydroxyl groups is 1. The Balaban J connectivity index is 1.47. The van der Waals surface area contributed by atoms with E-state index >= 15 is 0 Å². The Morgan fingerprint density at radius 3 is 2.96 bits per heavy atom. The molecule has 2 N–H and O–H groups in total. The van der Waals surface area contributed by atoms with Crippen molar-refractivity contribution >= 4 is 21.6 Å². The van der Waals surface area contributed by atoms with Crippen LogP contribution in [0.25, 0.3) is 10.2 Å². The smallest absolute Gasteiger partial charge is 0.268 e. The van der Waals surface area contributed by atoms with E-state index in [0.717, 1.165) is 25.2 Å². The first kappa shape index (κ1) is 15.3. The van der Waals surface area contributed by atoms with Crippen LogP contribution in [0.2, 0.25) is 0 Å². The summed E-state index contributed by atoms with van der Waals surface area (Å²) in [4.78, 5) is 24.1. The Morgan fingerprint density at radius 2 is 2.13 bits per heavy atom. The summed E-state index contributed by atoms with van der Waals surface area (Å²) in [7, 11) is 0. The van der Waals surface area contributed by atoms with Crippen LogP contribution in [-0.4, -0.2) is 63.2 Å². The van der Waals surface area contributed by atoms with Crippen molar-refractivity contribution in [3.63, 3.8) is 0 Å². The lowest BCUT2D eigenvalue weighted by Crippen LogP contribution is -2.45. The van der Waals surface area contributed by atoms with Crippen molar-refractivity contribution in [2.24, 2.45) is 0 Å². The standard InChI is InChI=1S/C16H22N4O2S/c21-13-9-19(8-12(13)20-5-2-1-3-6-20)10-14-17-11-4-7-23-15(11)16(22)18-14/h4,7,12-13,21H,1-3,5-6,8-10H2,(H,17,18,22)/t12-,13-/m1/s1. The maximum absolute atomic E-state index is 12.0. The molecule has 0 amide bonds. The molecule has 7 heteroatoms. The summed E-state index contributed by atoms with van der Waals surface area (Å²) in [6.07, 6.45) is 3.44. The van der Waals surface area contributed by atoms with E-state index < -0.39 is 0 Å². The summed E-state index contributed by atoms with van der Waals surface area (Å²) < 4.78 is 0.682. The largest absolute Gasteiger partial charge is 0.390 e. The number of nitrogens with zero attached hydrogens (tertiary/aromatic N) is 3. The molecule has 0 unspecified atom stereocenters. The molecule has 0 aliphatic carbocycles. The molecule has 6 nitrogen and oxygen atoms in total. The molecule has 0 bridgehead atoms. The molecule has 23 heavy (non-hydrogen) atoms. The minimum absolute atomic E-state index is 0.0627. The Bertz CT molecular complexity index is 737. The van der Waals surface area contributed by atoms with E-state index in [1.807, 2.05) is 11.4 Å². The van der Waals surface area contributed by atoms with Gasteiger partial charge in [0.25, 0.3) is 5.56 Å². The van der Waals surface area contributed by atoms with E-state index in [-0.39, 0.29) is 17.7 Å². The van der Waals surface area contributed by atoms with Gasteiger partial charge in [0.2, 0.25) is 0 Å². The second kappa shape index (κ2) is 6.32. The zero-order chi connectivity index (χ0) is 15.8. The molecular formula is C16H22N4O2S. The number of likely N-dealkylation sites (tertiary alicyclic amines) is 2. The first-order valence-electron chi connectivity index (χ1n) is 8.31. The fourth-order valence-corrected chi connectivity index (χ4v) is 4.52. The van der Waals surface area contributed by atoms with Gasteiger partial charge in [0.15, 0.2) is 0 Å². The highest BCUT2D eigenvalue weighted by Crippen LogP contribution is 2.22. The van der Waals surface area contributed by atoms with Gasteiger partial charge in [-0.3, -0.25) is 14.6 Å². The topological polar surface area (TPSA) is 72.5 Å². The molecule has 2 fully saturated rings. The maximum Gasteiger partial charge on any atom is 0.268 e. The minimum Gasteiger partial charge on any atom is -0.390 e. The van der Waals surface area contributed by atoms with Crippen LogP contribution in [0, 0.1) is 0 Å². The monoisotopic (exact) mass is 334 g/mol. The predicted molar refractivity (Wildman–Crippen MR) is 90.7 cm³/mol. The average molecular weight is 334 g/mol. The second-order valence-corrected chi connectivity index (χ2v) is 7.49. The van der Waals surface area contributed by atoms with Crippen molar-refractivity contribution in [3.05, 3.63) is 27.6 Å². The number of hydrogen-bond donors (Lipinski definition) is 2. The number of fused-ring (bicyclic) bond motifs is 1. The Hall–Kier alpha value is -1.28. The molecule has 0 saturated carbocycles. The number of rotatable bonds is 3. The van der Waals surface area contributed by atoms with Crippen LogP contribution in [-0.2, 0) is 6.54 Å². The summed E-state index contributed by atoms with van der Waals surface area (Å²) in [5, 5.41) is 12.3. The number of H-pyrrole nitrogens is 1. The molecule has 124 valence electrons. The third-order valence-corrected chi connectivity index (χ3v) is 5.83. The highest BCUT2D eigenvalue weighted by Gasteiger charge is 2.36. The summed E-state index contributed by atoms with van der Waals surface area (Å²) in [6, 6.07) is 2.10. The fraction of sp³-hybridized carbons (Fsp3) is 0.625. The van der Waals surface area contributed by atoms with E-state index in [4.69, 9.17) is 0 Å². The Labute approximate surface area is 138 Å². The molecule has 2 aromatic heterocycles. The number of nitrogens with one attached hydrogen (secondary N) is 1. The molecule has 0 aromatic carbocycles. The highest BCUT2D eigenvalue weighted by molar-refractivity contribution is 7.17. The molecule has 2 saturated heterocycles. The molecule has 4 rings (SSSR count). The van der Waals surface area contributed by atoms with Gasteiger partial charge in [-0.05, 0) is 37.4 Å². The van der Waals surface area contributed by atoms with Crippen LogP contribution in [0.1, 0.15) is 25.1 Å². The van der Waals surface area contributed by atoms with Crippen molar-refractivity contribution in [1.82, 2.24) is 19.8 Å². The zero-order valence-corrected chi connectivity index (χ0v) is 13.9. The molecule has 0 spiro atoms. The minimum atomic E-state index is -0.315. The van der Waals surface area contributed by atoms with Gasteiger partial charge < -0.3 is 10.1 Å². The molecule has 2 aliphatic heterocycles. The van der Waals surface area contributed by atoms with Crippen LogP contribution in [0.3, 0.4) is 0 Å². The van der Waals surface area contributed by atoms with Crippen molar-refractivity contribution in [2.45, 2.75) is 38.0 Å². The van der Waals surface area contributed by atoms with Gasteiger partial charge in [-0.25, -0.2) is 4.98 Å².